The Morgan fingerprint density at radius 3 is 2.73 bits per heavy atom. The van der Waals surface area contributed by atoms with Gasteiger partial charge in [-0.3, -0.25) is 9.79 Å². The van der Waals surface area contributed by atoms with E-state index < -0.39 is 0 Å². The van der Waals surface area contributed by atoms with Gasteiger partial charge in [0, 0.05) is 38.3 Å². The number of nitrogens with zero attached hydrogens (tertiary/aromatic N) is 2. The van der Waals surface area contributed by atoms with E-state index in [9.17, 15) is 9.90 Å². The third-order valence-corrected chi connectivity index (χ3v) is 4.30. The van der Waals surface area contributed by atoms with E-state index in [2.05, 4.69) is 41.3 Å². The summed E-state index contributed by atoms with van der Waals surface area (Å²) in [6, 6.07) is 6.36. The zero-order valence-electron chi connectivity index (χ0n) is 15.9. The van der Waals surface area contributed by atoms with E-state index in [1.807, 2.05) is 0 Å². The standard InChI is InChI=1S/C19H30N4O2.HI/c1-4-20-18(23-12-9-19(2,3)14-23)22-11-6-10-21-17(25)15-7-5-8-16(24)13-15;/h5,7-8,13,24H,4,6,9-12,14H2,1-3H3,(H,20,22)(H,21,25);1H. The summed E-state index contributed by atoms with van der Waals surface area (Å²) in [6.45, 7) is 10.8. The molecule has 0 aromatic heterocycles. The number of phenols is 1. The minimum atomic E-state index is -0.173. The molecule has 0 spiro atoms. The second-order valence-corrected chi connectivity index (χ2v) is 7.23. The first-order valence-corrected chi connectivity index (χ1v) is 9.02. The molecule has 0 unspecified atom stereocenters. The van der Waals surface area contributed by atoms with Crippen molar-refractivity contribution in [2.24, 2.45) is 10.4 Å². The van der Waals surface area contributed by atoms with Gasteiger partial charge < -0.3 is 20.6 Å². The van der Waals surface area contributed by atoms with Crippen molar-refractivity contribution in [3.05, 3.63) is 29.8 Å². The lowest BCUT2D eigenvalue weighted by molar-refractivity contribution is 0.0953. The number of hydrogen-bond acceptors (Lipinski definition) is 3. The first kappa shape index (κ1) is 22.5. The fourth-order valence-electron chi connectivity index (χ4n) is 2.93. The number of rotatable bonds is 6. The van der Waals surface area contributed by atoms with Crippen LogP contribution in [0.1, 0.15) is 44.0 Å². The lowest BCUT2D eigenvalue weighted by Crippen LogP contribution is -2.41. The summed E-state index contributed by atoms with van der Waals surface area (Å²) in [6.07, 6.45) is 1.95. The van der Waals surface area contributed by atoms with Gasteiger partial charge in [0.25, 0.3) is 5.91 Å². The van der Waals surface area contributed by atoms with Crippen molar-refractivity contribution in [1.29, 1.82) is 0 Å². The fraction of sp³-hybridized carbons (Fsp3) is 0.579. The molecule has 1 aliphatic rings. The number of guanidine groups is 1. The summed E-state index contributed by atoms with van der Waals surface area (Å²) in [5, 5.41) is 15.6. The molecular weight excluding hydrogens is 443 g/mol. The molecule has 1 saturated heterocycles. The van der Waals surface area contributed by atoms with Crippen molar-refractivity contribution < 1.29 is 9.90 Å². The molecule has 1 aromatic rings. The van der Waals surface area contributed by atoms with E-state index in [1.54, 1.807) is 18.2 Å². The Morgan fingerprint density at radius 1 is 1.35 bits per heavy atom. The van der Waals surface area contributed by atoms with E-state index in [4.69, 9.17) is 0 Å². The molecule has 6 nitrogen and oxygen atoms in total. The molecule has 1 fully saturated rings. The predicted molar refractivity (Wildman–Crippen MR) is 116 cm³/mol. The third kappa shape index (κ3) is 7.01. The lowest BCUT2D eigenvalue weighted by atomic mass is 9.93. The third-order valence-electron chi connectivity index (χ3n) is 4.30. The zero-order chi connectivity index (χ0) is 18.3. The van der Waals surface area contributed by atoms with Crippen molar-refractivity contribution in [3.63, 3.8) is 0 Å². The molecule has 0 saturated carbocycles. The van der Waals surface area contributed by atoms with E-state index in [1.165, 1.54) is 12.5 Å². The van der Waals surface area contributed by atoms with Gasteiger partial charge in [0.2, 0.25) is 0 Å². The highest BCUT2D eigenvalue weighted by Crippen LogP contribution is 2.28. The second kappa shape index (κ2) is 10.6. The summed E-state index contributed by atoms with van der Waals surface area (Å²) < 4.78 is 0. The van der Waals surface area contributed by atoms with Crippen LogP contribution in [0.3, 0.4) is 0 Å². The number of hydrogen-bond donors (Lipinski definition) is 3. The van der Waals surface area contributed by atoms with Crippen LogP contribution in [-0.2, 0) is 0 Å². The number of amides is 1. The van der Waals surface area contributed by atoms with Crippen LogP contribution in [0.2, 0.25) is 0 Å². The van der Waals surface area contributed by atoms with Crippen LogP contribution in [0, 0.1) is 5.41 Å². The van der Waals surface area contributed by atoms with E-state index in [-0.39, 0.29) is 35.6 Å². The van der Waals surface area contributed by atoms with Crippen molar-refractivity contribution in [3.8, 4) is 5.75 Å². The molecule has 26 heavy (non-hydrogen) atoms. The molecule has 2 rings (SSSR count). The lowest BCUT2D eigenvalue weighted by Gasteiger charge is -2.23. The van der Waals surface area contributed by atoms with Gasteiger partial charge in [0.05, 0.1) is 0 Å². The van der Waals surface area contributed by atoms with Gasteiger partial charge in [-0.25, -0.2) is 0 Å². The Kier molecular flexibility index (Phi) is 9.18. The first-order chi connectivity index (χ1) is 11.9. The summed E-state index contributed by atoms with van der Waals surface area (Å²) >= 11 is 0. The maximum atomic E-state index is 12.0. The van der Waals surface area contributed by atoms with E-state index in [0.717, 1.165) is 32.0 Å². The van der Waals surface area contributed by atoms with E-state index >= 15 is 0 Å². The first-order valence-electron chi connectivity index (χ1n) is 9.02. The van der Waals surface area contributed by atoms with Crippen molar-refractivity contribution in [2.75, 3.05) is 32.7 Å². The molecule has 0 aliphatic carbocycles. The number of halogens is 1. The number of aromatic hydroxyl groups is 1. The Labute approximate surface area is 173 Å². The second-order valence-electron chi connectivity index (χ2n) is 7.23. The minimum absolute atomic E-state index is 0. The summed E-state index contributed by atoms with van der Waals surface area (Å²) in [7, 11) is 0. The molecule has 0 atom stereocenters. The summed E-state index contributed by atoms with van der Waals surface area (Å²) in [5.74, 6) is 0.890. The zero-order valence-corrected chi connectivity index (χ0v) is 18.2. The Bertz CT molecular complexity index is 619. The van der Waals surface area contributed by atoms with Crippen LogP contribution >= 0.6 is 24.0 Å². The van der Waals surface area contributed by atoms with Gasteiger partial charge in [0.1, 0.15) is 5.75 Å². The van der Waals surface area contributed by atoms with Crippen molar-refractivity contribution in [2.45, 2.75) is 33.6 Å². The van der Waals surface area contributed by atoms with E-state index in [0.29, 0.717) is 24.1 Å². The number of nitrogens with one attached hydrogen (secondary N) is 2. The molecule has 1 aromatic carbocycles. The maximum absolute atomic E-state index is 12.0. The molecular formula is C19H31IN4O2. The Hall–Kier alpha value is -1.51. The average Bonchev–Trinajstić information content (AvgIpc) is 2.93. The number of likely N-dealkylation sites (tertiary alicyclic amines) is 1. The maximum Gasteiger partial charge on any atom is 0.251 e. The van der Waals surface area contributed by atoms with Crippen molar-refractivity contribution >= 4 is 35.8 Å². The quantitative estimate of drug-likeness (QED) is 0.257. The Balaban J connectivity index is 0.00000338. The highest BCUT2D eigenvalue weighted by atomic mass is 127. The van der Waals surface area contributed by atoms with Crippen LogP contribution in [0.15, 0.2) is 29.3 Å². The smallest absolute Gasteiger partial charge is 0.251 e. The molecule has 3 N–H and O–H groups in total. The van der Waals surface area contributed by atoms with Gasteiger partial charge in [-0.2, -0.15) is 0 Å². The minimum Gasteiger partial charge on any atom is -0.508 e. The van der Waals surface area contributed by atoms with Gasteiger partial charge in [0.15, 0.2) is 5.96 Å². The molecule has 1 aliphatic heterocycles. The summed E-state index contributed by atoms with van der Waals surface area (Å²) in [5.41, 5.74) is 0.807. The Morgan fingerprint density at radius 2 is 2.12 bits per heavy atom. The van der Waals surface area contributed by atoms with Gasteiger partial charge in [-0.15, -0.1) is 24.0 Å². The highest BCUT2D eigenvalue weighted by Gasteiger charge is 2.30. The van der Waals surface area contributed by atoms with Crippen molar-refractivity contribution in [1.82, 2.24) is 15.5 Å². The monoisotopic (exact) mass is 474 g/mol. The van der Waals surface area contributed by atoms with Crippen LogP contribution < -0.4 is 10.6 Å². The fourth-order valence-corrected chi connectivity index (χ4v) is 2.93. The molecule has 7 heteroatoms. The predicted octanol–water partition coefficient (Wildman–Crippen LogP) is 2.83. The van der Waals surface area contributed by atoms with Crippen LogP contribution in [-0.4, -0.2) is 54.6 Å². The topological polar surface area (TPSA) is 77.0 Å². The SMILES string of the molecule is CCNC(=NCCCNC(=O)c1cccc(O)c1)N1CCC(C)(C)C1.I. The number of carbonyl (C=O) groups is 1. The molecule has 0 radical (unpaired) electrons. The number of carbonyl (C=O) groups excluding carboxylic acids is 1. The number of phenolic OH excluding ortho intramolecular Hbond substituents is 1. The van der Waals surface area contributed by atoms with Crippen LogP contribution in [0.4, 0.5) is 0 Å². The highest BCUT2D eigenvalue weighted by molar-refractivity contribution is 14.0. The van der Waals surface area contributed by atoms with Gasteiger partial charge in [-0.05, 0) is 43.4 Å². The van der Waals surface area contributed by atoms with Crippen LogP contribution in [0.25, 0.3) is 0 Å². The molecule has 1 heterocycles. The molecule has 0 bridgehead atoms. The van der Waals surface area contributed by atoms with Gasteiger partial charge >= 0.3 is 0 Å². The number of benzene rings is 1. The molecule has 1 amide bonds. The summed E-state index contributed by atoms with van der Waals surface area (Å²) in [4.78, 5) is 19.0. The molecule has 146 valence electrons. The van der Waals surface area contributed by atoms with Crippen LogP contribution in [0.5, 0.6) is 5.75 Å². The normalized spacial score (nSPS) is 16.1. The largest absolute Gasteiger partial charge is 0.508 e. The van der Waals surface area contributed by atoms with Gasteiger partial charge in [-0.1, -0.05) is 19.9 Å². The number of aliphatic imine (C=N–C) groups is 1. The average molecular weight is 474 g/mol.